The fourth-order valence-corrected chi connectivity index (χ4v) is 2.59. The number of fused-ring (bicyclic) bond motifs is 1. The van der Waals surface area contributed by atoms with Gasteiger partial charge in [0.05, 0.1) is 0 Å². The summed E-state index contributed by atoms with van der Waals surface area (Å²) in [5, 5.41) is 11.3. The van der Waals surface area contributed by atoms with Crippen molar-refractivity contribution in [3.63, 3.8) is 0 Å². The zero-order chi connectivity index (χ0) is 12.5. The van der Waals surface area contributed by atoms with Crippen LogP contribution in [0.25, 0.3) is 11.0 Å². The highest BCUT2D eigenvalue weighted by molar-refractivity contribution is 5.80. The number of hydrogen-bond acceptors (Lipinski definition) is 3. The van der Waals surface area contributed by atoms with E-state index in [1.165, 1.54) is 0 Å². The predicted octanol–water partition coefficient (Wildman–Crippen LogP) is 3.20. The molecule has 3 rings (SSSR count). The molecule has 0 radical (unpaired) electrons. The van der Waals surface area contributed by atoms with Gasteiger partial charge in [0.2, 0.25) is 0 Å². The summed E-state index contributed by atoms with van der Waals surface area (Å²) < 4.78 is 11.1. The van der Waals surface area contributed by atoms with E-state index in [0.717, 1.165) is 42.6 Å². The first-order valence-corrected chi connectivity index (χ1v) is 6.49. The number of furan rings is 1. The smallest absolute Gasteiger partial charge is 0.137 e. The first kappa shape index (κ1) is 11.8. The van der Waals surface area contributed by atoms with Gasteiger partial charge in [-0.15, -0.1) is 0 Å². The third-order valence-electron chi connectivity index (χ3n) is 3.67. The van der Waals surface area contributed by atoms with Crippen LogP contribution in [0.4, 0.5) is 0 Å². The number of aliphatic hydroxyl groups excluding tert-OH is 1. The summed E-state index contributed by atoms with van der Waals surface area (Å²) in [6.45, 7) is 3.60. The van der Waals surface area contributed by atoms with Crippen LogP contribution in [-0.2, 0) is 4.74 Å². The molecule has 1 aliphatic heterocycles. The Morgan fingerprint density at radius 1 is 1.44 bits per heavy atom. The Hall–Kier alpha value is -1.32. The van der Waals surface area contributed by atoms with Crippen LogP contribution in [0.1, 0.15) is 30.3 Å². The molecule has 2 atom stereocenters. The van der Waals surface area contributed by atoms with E-state index in [1.807, 2.05) is 31.2 Å². The Kier molecular flexibility index (Phi) is 3.10. The summed E-state index contributed by atoms with van der Waals surface area (Å²) in [4.78, 5) is 0. The van der Waals surface area contributed by atoms with Crippen molar-refractivity contribution in [2.24, 2.45) is 5.92 Å². The fraction of sp³-hybridized carbons (Fsp3) is 0.467. The monoisotopic (exact) mass is 246 g/mol. The van der Waals surface area contributed by atoms with Gasteiger partial charge < -0.3 is 14.3 Å². The molecule has 2 aromatic rings. The highest BCUT2D eigenvalue weighted by Gasteiger charge is 2.22. The maximum absolute atomic E-state index is 10.2. The zero-order valence-electron chi connectivity index (χ0n) is 10.6. The first-order valence-electron chi connectivity index (χ1n) is 6.49. The van der Waals surface area contributed by atoms with Gasteiger partial charge >= 0.3 is 0 Å². The van der Waals surface area contributed by atoms with E-state index in [-0.39, 0.29) is 0 Å². The van der Waals surface area contributed by atoms with Gasteiger partial charge in [-0.1, -0.05) is 18.2 Å². The Bertz CT molecular complexity index is 538. The average Bonchev–Trinajstić information content (AvgIpc) is 2.97. The normalized spacial score (nSPS) is 21.6. The van der Waals surface area contributed by atoms with E-state index in [4.69, 9.17) is 9.15 Å². The molecule has 3 heteroatoms. The number of para-hydroxylation sites is 1. The maximum Gasteiger partial charge on any atom is 0.137 e. The largest absolute Gasteiger partial charge is 0.458 e. The van der Waals surface area contributed by atoms with Crippen LogP contribution in [0.2, 0.25) is 0 Å². The highest BCUT2D eigenvalue weighted by atomic mass is 16.5. The summed E-state index contributed by atoms with van der Waals surface area (Å²) >= 11 is 0. The van der Waals surface area contributed by atoms with Crippen LogP contribution in [0, 0.1) is 12.8 Å². The van der Waals surface area contributed by atoms with E-state index in [2.05, 4.69) is 0 Å². The van der Waals surface area contributed by atoms with Gasteiger partial charge in [-0.05, 0) is 37.3 Å². The standard InChI is InChI=1S/C15H18O3/c1-10-3-2-4-12-8-14(18-15(10)12)13(16)7-11-5-6-17-9-11/h2-4,8,11,13,16H,5-7,9H2,1H3. The molecular formula is C15H18O3. The third kappa shape index (κ3) is 2.16. The Balaban J connectivity index is 1.82. The van der Waals surface area contributed by atoms with E-state index in [9.17, 15) is 5.11 Å². The molecule has 0 aliphatic carbocycles. The Labute approximate surface area is 106 Å². The van der Waals surface area contributed by atoms with Crippen molar-refractivity contribution in [1.82, 2.24) is 0 Å². The van der Waals surface area contributed by atoms with E-state index in [1.54, 1.807) is 0 Å². The molecule has 1 N–H and O–H groups in total. The molecule has 1 aromatic carbocycles. The van der Waals surface area contributed by atoms with Gasteiger partial charge in [0, 0.05) is 18.6 Å². The quantitative estimate of drug-likeness (QED) is 0.904. The molecule has 18 heavy (non-hydrogen) atoms. The van der Waals surface area contributed by atoms with Crippen molar-refractivity contribution in [1.29, 1.82) is 0 Å². The summed E-state index contributed by atoms with van der Waals surface area (Å²) in [6, 6.07) is 7.99. The molecule has 96 valence electrons. The molecule has 1 aliphatic rings. The Morgan fingerprint density at radius 2 is 2.33 bits per heavy atom. The van der Waals surface area contributed by atoms with Crippen molar-refractivity contribution in [2.45, 2.75) is 25.9 Å². The molecule has 1 saturated heterocycles. The van der Waals surface area contributed by atoms with Crippen LogP contribution >= 0.6 is 0 Å². The van der Waals surface area contributed by atoms with Crippen molar-refractivity contribution >= 4 is 11.0 Å². The van der Waals surface area contributed by atoms with E-state index in [0.29, 0.717) is 11.7 Å². The molecule has 0 bridgehead atoms. The summed E-state index contributed by atoms with van der Waals surface area (Å²) in [7, 11) is 0. The fourth-order valence-electron chi connectivity index (χ4n) is 2.59. The SMILES string of the molecule is Cc1cccc2cc(C(O)CC3CCOC3)oc12. The molecule has 2 unspecified atom stereocenters. The third-order valence-corrected chi connectivity index (χ3v) is 3.67. The molecule has 0 saturated carbocycles. The van der Waals surface area contributed by atoms with Crippen LogP contribution in [0.3, 0.4) is 0 Å². The van der Waals surface area contributed by atoms with Gasteiger partial charge in [0.15, 0.2) is 0 Å². The summed E-state index contributed by atoms with van der Waals surface area (Å²) in [5.74, 6) is 1.13. The lowest BCUT2D eigenvalue weighted by Gasteiger charge is -2.11. The number of ether oxygens (including phenoxy) is 1. The minimum atomic E-state index is -0.525. The van der Waals surface area contributed by atoms with Crippen molar-refractivity contribution in [3.8, 4) is 0 Å². The summed E-state index contributed by atoms with van der Waals surface area (Å²) in [6.07, 6.45) is 1.23. The Morgan fingerprint density at radius 3 is 3.06 bits per heavy atom. The van der Waals surface area contributed by atoms with Crippen LogP contribution in [-0.4, -0.2) is 18.3 Å². The number of aryl methyl sites for hydroxylation is 1. The molecule has 2 heterocycles. The van der Waals surface area contributed by atoms with Crippen molar-refractivity contribution in [3.05, 3.63) is 35.6 Å². The van der Waals surface area contributed by atoms with Crippen molar-refractivity contribution in [2.75, 3.05) is 13.2 Å². The van der Waals surface area contributed by atoms with E-state index < -0.39 is 6.10 Å². The van der Waals surface area contributed by atoms with Crippen molar-refractivity contribution < 1.29 is 14.3 Å². The molecule has 0 spiro atoms. The van der Waals surface area contributed by atoms with Gasteiger partial charge in [-0.3, -0.25) is 0 Å². The molecular weight excluding hydrogens is 228 g/mol. The summed E-state index contributed by atoms with van der Waals surface area (Å²) in [5.41, 5.74) is 1.99. The lowest BCUT2D eigenvalue weighted by atomic mass is 9.99. The molecule has 3 nitrogen and oxygen atoms in total. The maximum atomic E-state index is 10.2. The lowest BCUT2D eigenvalue weighted by Crippen LogP contribution is -2.06. The molecule has 1 aromatic heterocycles. The van der Waals surface area contributed by atoms with Gasteiger partial charge in [0.1, 0.15) is 17.4 Å². The number of hydrogen-bond donors (Lipinski definition) is 1. The van der Waals surface area contributed by atoms with Gasteiger partial charge in [0.25, 0.3) is 0 Å². The first-order chi connectivity index (χ1) is 8.74. The zero-order valence-corrected chi connectivity index (χ0v) is 10.6. The lowest BCUT2D eigenvalue weighted by molar-refractivity contribution is 0.112. The van der Waals surface area contributed by atoms with E-state index >= 15 is 0 Å². The van der Waals surface area contributed by atoms with Gasteiger partial charge in [-0.2, -0.15) is 0 Å². The minimum Gasteiger partial charge on any atom is -0.458 e. The second kappa shape index (κ2) is 4.75. The number of benzene rings is 1. The van der Waals surface area contributed by atoms with Gasteiger partial charge in [-0.25, -0.2) is 0 Å². The number of aliphatic hydroxyl groups is 1. The van der Waals surface area contributed by atoms with Crippen LogP contribution < -0.4 is 0 Å². The topological polar surface area (TPSA) is 42.6 Å². The number of rotatable bonds is 3. The second-order valence-corrected chi connectivity index (χ2v) is 5.12. The average molecular weight is 246 g/mol. The van der Waals surface area contributed by atoms with Crippen LogP contribution in [0.5, 0.6) is 0 Å². The molecule has 1 fully saturated rings. The minimum absolute atomic E-state index is 0.453. The molecule has 0 amide bonds. The highest BCUT2D eigenvalue weighted by Crippen LogP contribution is 2.31. The second-order valence-electron chi connectivity index (χ2n) is 5.12. The van der Waals surface area contributed by atoms with Crippen LogP contribution in [0.15, 0.2) is 28.7 Å². The predicted molar refractivity (Wildman–Crippen MR) is 69.5 cm³/mol.